The first-order chi connectivity index (χ1) is 11.6. The lowest BCUT2D eigenvalue weighted by Gasteiger charge is -2.37. The molecule has 0 spiro atoms. The average Bonchev–Trinajstić information content (AvgIpc) is 2.61. The highest BCUT2D eigenvalue weighted by Crippen LogP contribution is 2.07. The summed E-state index contributed by atoms with van der Waals surface area (Å²) in [6.45, 7) is 10.5. The molecule has 1 aromatic rings. The molecule has 1 heterocycles. The smallest absolute Gasteiger partial charge is 0.237 e. The van der Waals surface area contributed by atoms with Crippen LogP contribution < -0.4 is 5.32 Å². The van der Waals surface area contributed by atoms with Crippen molar-refractivity contribution < 1.29 is 13.9 Å². The molecule has 1 aliphatic rings. The van der Waals surface area contributed by atoms with E-state index in [-0.39, 0.29) is 17.8 Å². The maximum atomic E-state index is 12.9. The van der Waals surface area contributed by atoms with Crippen molar-refractivity contribution in [3.05, 3.63) is 35.6 Å². The molecule has 1 fully saturated rings. The van der Waals surface area contributed by atoms with Crippen molar-refractivity contribution in [2.24, 2.45) is 0 Å². The second kappa shape index (κ2) is 9.71. The third-order valence-electron chi connectivity index (χ3n) is 4.47. The zero-order valence-corrected chi connectivity index (χ0v) is 14.6. The van der Waals surface area contributed by atoms with Crippen molar-refractivity contribution in [2.75, 3.05) is 45.9 Å². The predicted octanol–water partition coefficient (Wildman–Crippen LogP) is 1.48. The van der Waals surface area contributed by atoms with Gasteiger partial charge in [-0.05, 0) is 31.5 Å². The van der Waals surface area contributed by atoms with Crippen molar-refractivity contribution in [2.45, 2.75) is 26.4 Å². The number of hydrogen-bond acceptors (Lipinski definition) is 4. The van der Waals surface area contributed by atoms with E-state index in [1.165, 1.54) is 12.1 Å². The molecule has 1 saturated heterocycles. The van der Waals surface area contributed by atoms with Crippen molar-refractivity contribution in [1.29, 1.82) is 0 Å². The van der Waals surface area contributed by atoms with Crippen LogP contribution >= 0.6 is 0 Å². The number of halogens is 1. The average molecular weight is 337 g/mol. The van der Waals surface area contributed by atoms with E-state index in [1.807, 2.05) is 13.8 Å². The number of benzene rings is 1. The Bertz CT molecular complexity index is 501. The van der Waals surface area contributed by atoms with Gasteiger partial charge in [0.15, 0.2) is 0 Å². The maximum Gasteiger partial charge on any atom is 0.237 e. The van der Waals surface area contributed by atoms with Crippen LogP contribution in [0.4, 0.5) is 4.39 Å². The minimum atomic E-state index is -0.263. The SMILES string of the molecule is CCOCCN1CCN(C(C)C(=O)NCc2ccc(F)cc2)CC1. The van der Waals surface area contributed by atoms with Gasteiger partial charge in [0.1, 0.15) is 5.82 Å². The van der Waals surface area contributed by atoms with Crippen molar-refractivity contribution in [3.63, 3.8) is 0 Å². The van der Waals surface area contributed by atoms with Gasteiger partial charge < -0.3 is 10.1 Å². The number of hydrogen-bond donors (Lipinski definition) is 1. The largest absolute Gasteiger partial charge is 0.380 e. The summed E-state index contributed by atoms with van der Waals surface area (Å²) < 4.78 is 18.3. The highest BCUT2D eigenvalue weighted by molar-refractivity contribution is 5.81. The van der Waals surface area contributed by atoms with Crippen molar-refractivity contribution in [3.8, 4) is 0 Å². The Kier molecular flexibility index (Phi) is 7.62. The quantitative estimate of drug-likeness (QED) is 0.730. The Morgan fingerprint density at radius 2 is 1.92 bits per heavy atom. The first kappa shape index (κ1) is 18.8. The molecule has 1 aliphatic heterocycles. The summed E-state index contributed by atoms with van der Waals surface area (Å²) in [5, 5.41) is 2.93. The first-order valence-corrected chi connectivity index (χ1v) is 8.66. The number of carbonyl (C=O) groups excluding carboxylic acids is 1. The lowest BCUT2D eigenvalue weighted by Crippen LogP contribution is -2.54. The highest BCUT2D eigenvalue weighted by Gasteiger charge is 2.25. The molecule has 1 N–H and O–H groups in total. The lowest BCUT2D eigenvalue weighted by atomic mass is 10.2. The Morgan fingerprint density at radius 3 is 2.54 bits per heavy atom. The van der Waals surface area contributed by atoms with Gasteiger partial charge in [-0.25, -0.2) is 4.39 Å². The summed E-state index contributed by atoms with van der Waals surface area (Å²) in [6, 6.07) is 6.05. The van der Waals surface area contributed by atoms with Gasteiger partial charge in [0.2, 0.25) is 5.91 Å². The molecule has 0 bridgehead atoms. The third kappa shape index (κ3) is 5.85. The molecule has 0 aromatic heterocycles. The first-order valence-electron chi connectivity index (χ1n) is 8.66. The molecule has 0 radical (unpaired) electrons. The Labute approximate surface area is 143 Å². The fourth-order valence-electron chi connectivity index (χ4n) is 2.82. The molecular formula is C18H28FN3O2. The van der Waals surface area contributed by atoms with Gasteiger partial charge in [0.25, 0.3) is 0 Å². The number of nitrogens with one attached hydrogen (secondary N) is 1. The van der Waals surface area contributed by atoms with Gasteiger partial charge in [-0.3, -0.25) is 14.6 Å². The molecule has 1 aromatic carbocycles. The fraction of sp³-hybridized carbons (Fsp3) is 0.611. The van der Waals surface area contributed by atoms with Gasteiger partial charge in [-0.2, -0.15) is 0 Å². The maximum absolute atomic E-state index is 12.9. The van der Waals surface area contributed by atoms with Gasteiger partial charge in [0, 0.05) is 45.9 Å². The summed E-state index contributed by atoms with van der Waals surface area (Å²) in [5.41, 5.74) is 0.901. The molecule has 1 atom stereocenters. The summed E-state index contributed by atoms with van der Waals surface area (Å²) in [6.07, 6.45) is 0. The van der Waals surface area contributed by atoms with Crippen LogP contribution in [0, 0.1) is 5.82 Å². The molecule has 0 saturated carbocycles. The summed E-state index contributed by atoms with van der Waals surface area (Å²) in [5.74, 6) is -0.247. The van der Waals surface area contributed by atoms with E-state index in [4.69, 9.17) is 4.74 Å². The van der Waals surface area contributed by atoms with Crippen LogP contribution in [0.2, 0.25) is 0 Å². The standard InChI is InChI=1S/C18H28FN3O2/c1-3-24-13-12-21-8-10-22(11-9-21)15(2)18(23)20-14-16-4-6-17(19)7-5-16/h4-7,15H,3,8-14H2,1-2H3,(H,20,23). The van der Waals surface area contributed by atoms with Gasteiger partial charge in [-0.1, -0.05) is 12.1 Å². The van der Waals surface area contributed by atoms with Crippen LogP contribution in [0.5, 0.6) is 0 Å². The molecule has 6 heteroatoms. The summed E-state index contributed by atoms with van der Waals surface area (Å²) >= 11 is 0. The van der Waals surface area contributed by atoms with Crippen LogP contribution in [0.25, 0.3) is 0 Å². The minimum Gasteiger partial charge on any atom is -0.380 e. The van der Waals surface area contributed by atoms with Gasteiger partial charge in [-0.15, -0.1) is 0 Å². The molecular weight excluding hydrogens is 309 g/mol. The topological polar surface area (TPSA) is 44.8 Å². The predicted molar refractivity (Wildman–Crippen MR) is 92.2 cm³/mol. The molecule has 24 heavy (non-hydrogen) atoms. The minimum absolute atomic E-state index is 0.0158. The molecule has 1 unspecified atom stereocenters. The molecule has 0 aliphatic carbocycles. The van der Waals surface area contributed by atoms with E-state index < -0.39 is 0 Å². The summed E-state index contributed by atoms with van der Waals surface area (Å²) in [4.78, 5) is 16.9. The zero-order valence-electron chi connectivity index (χ0n) is 14.6. The second-order valence-electron chi connectivity index (χ2n) is 6.09. The van der Waals surface area contributed by atoms with E-state index in [1.54, 1.807) is 12.1 Å². The number of amides is 1. The highest BCUT2D eigenvalue weighted by atomic mass is 19.1. The Hall–Kier alpha value is -1.50. The number of rotatable bonds is 8. The summed E-state index contributed by atoms with van der Waals surface area (Å²) in [7, 11) is 0. The van der Waals surface area contributed by atoms with E-state index in [9.17, 15) is 9.18 Å². The molecule has 1 amide bonds. The van der Waals surface area contributed by atoms with Crippen LogP contribution in [-0.2, 0) is 16.1 Å². The molecule has 5 nitrogen and oxygen atoms in total. The molecule has 2 rings (SSSR count). The van der Waals surface area contributed by atoms with Crippen molar-refractivity contribution >= 4 is 5.91 Å². The van der Waals surface area contributed by atoms with Gasteiger partial charge >= 0.3 is 0 Å². The van der Waals surface area contributed by atoms with E-state index >= 15 is 0 Å². The molecule has 134 valence electrons. The van der Waals surface area contributed by atoms with Crippen LogP contribution in [0.1, 0.15) is 19.4 Å². The van der Waals surface area contributed by atoms with Crippen LogP contribution in [-0.4, -0.2) is 67.7 Å². The lowest BCUT2D eigenvalue weighted by molar-refractivity contribution is -0.126. The number of nitrogens with zero attached hydrogens (tertiary/aromatic N) is 2. The second-order valence-corrected chi connectivity index (χ2v) is 6.09. The van der Waals surface area contributed by atoms with Crippen molar-refractivity contribution in [1.82, 2.24) is 15.1 Å². The van der Waals surface area contributed by atoms with Crippen LogP contribution in [0.3, 0.4) is 0 Å². The number of ether oxygens (including phenoxy) is 1. The van der Waals surface area contributed by atoms with Gasteiger partial charge in [0.05, 0.1) is 12.6 Å². The normalized spacial score (nSPS) is 17.6. The number of carbonyl (C=O) groups is 1. The Balaban J connectivity index is 1.70. The van der Waals surface area contributed by atoms with E-state index in [0.717, 1.165) is 51.5 Å². The monoisotopic (exact) mass is 337 g/mol. The van der Waals surface area contributed by atoms with E-state index in [0.29, 0.717) is 6.54 Å². The number of piperazine rings is 1. The fourth-order valence-corrected chi connectivity index (χ4v) is 2.82. The van der Waals surface area contributed by atoms with Crippen LogP contribution in [0.15, 0.2) is 24.3 Å². The zero-order chi connectivity index (χ0) is 17.4. The van der Waals surface area contributed by atoms with E-state index in [2.05, 4.69) is 15.1 Å². The Morgan fingerprint density at radius 1 is 1.25 bits per heavy atom. The third-order valence-corrected chi connectivity index (χ3v) is 4.47.